The first kappa shape index (κ1) is 15.2. The second-order valence-electron chi connectivity index (χ2n) is 4.53. The maximum Gasteiger partial charge on any atom is 0.269 e. The molecule has 1 aromatic rings. The van der Waals surface area contributed by atoms with Gasteiger partial charge in [-0.05, 0) is 18.6 Å². The van der Waals surface area contributed by atoms with E-state index in [9.17, 15) is 14.9 Å². The van der Waals surface area contributed by atoms with Crippen LogP contribution in [0.25, 0.3) is 0 Å². The second-order valence-corrected chi connectivity index (χ2v) is 7.09. The molecule has 1 aromatic carbocycles. The van der Waals surface area contributed by atoms with Gasteiger partial charge in [0.2, 0.25) is 0 Å². The fourth-order valence-corrected chi connectivity index (χ4v) is 4.58. The molecule has 0 saturated carbocycles. The Balaban J connectivity index is 1.96. The molecule has 1 amide bonds. The average Bonchev–Trinajstić information content (AvgIpc) is 2.45. The predicted octanol–water partition coefficient (Wildman–Crippen LogP) is 2.48. The van der Waals surface area contributed by atoms with E-state index in [4.69, 9.17) is 0 Å². The zero-order valence-corrected chi connectivity index (χ0v) is 12.8. The smallest absolute Gasteiger partial charge is 0.269 e. The molecule has 1 saturated heterocycles. The summed E-state index contributed by atoms with van der Waals surface area (Å²) < 4.78 is 0. The predicted molar refractivity (Wildman–Crippen MR) is 83.7 cm³/mol. The number of hydrogen-bond donors (Lipinski definition) is 1. The van der Waals surface area contributed by atoms with Gasteiger partial charge in [0.25, 0.3) is 11.6 Å². The Labute approximate surface area is 126 Å². The summed E-state index contributed by atoms with van der Waals surface area (Å²) in [5, 5.41) is 14.0. The topological polar surface area (TPSA) is 72.2 Å². The molecule has 0 spiro atoms. The number of nitrogens with zero attached hydrogens (tertiary/aromatic N) is 1. The third kappa shape index (κ3) is 3.89. The molecule has 1 N–H and O–H groups in total. The van der Waals surface area contributed by atoms with Crippen LogP contribution in [-0.4, -0.2) is 39.9 Å². The Bertz CT molecular complexity index is 516. The van der Waals surface area contributed by atoms with Crippen molar-refractivity contribution < 1.29 is 9.72 Å². The van der Waals surface area contributed by atoms with Gasteiger partial charge in [-0.25, -0.2) is 0 Å². The molecule has 108 valence electrons. The maximum absolute atomic E-state index is 12.1. The minimum Gasteiger partial charge on any atom is -0.351 e. The van der Waals surface area contributed by atoms with E-state index in [1.54, 1.807) is 6.92 Å². The van der Waals surface area contributed by atoms with Crippen molar-refractivity contribution in [3.05, 3.63) is 39.4 Å². The Morgan fingerprint density at radius 3 is 2.90 bits per heavy atom. The lowest BCUT2D eigenvalue weighted by atomic mass is 10.1. The minimum atomic E-state index is -0.454. The lowest BCUT2D eigenvalue weighted by Crippen LogP contribution is -2.33. The fraction of sp³-hybridized carbons (Fsp3) is 0.462. The van der Waals surface area contributed by atoms with Gasteiger partial charge in [0.15, 0.2) is 0 Å². The van der Waals surface area contributed by atoms with Gasteiger partial charge in [-0.2, -0.15) is 23.5 Å². The minimum absolute atomic E-state index is 0.0123. The first-order chi connectivity index (χ1) is 9.58. The number of carbonyl (C=O) groups is 1. The highest BCUT2D eigenvalue weighted by Gasteiger charge is 2.17. The van der Waals surface area contributed by atoms with E-state index in [2.05, 4.69) is 5.32 Å². The lowest BCUT2D eigenvalue weighted by molar-refractivity contribution is -0.384. The number of rotatable bonds is 4. The summed E-state index contributed by atoms with van der Waals surface area (Å²) >= 11 is 3.80. The van der Waals surface area contributed by atoms with Gasteiger partial charge in [0, 0.05) is 46.7 Å². The number of nitrogens with one attached hydrogen (secondary N) is 1. The summed E-state index contributed by atoms with van der Waals surface area (Å²) in [5.41, 5.74) is 1.14. The molecule has 0 radical (unpaired) electrons. The lowest BCUT2D eigenvalue weighted by Gasteiger charge is -2.21. The SMILES string of the molecule is Cc1cc([N+](=O)[O-])ccc1C(=O)NC[C@H]1CSCCS1. The monoisotopic (exact) mass is 312 g/mol. The normalized spacial score (nSPS) is 18.6. The fourth-order valence-electron chi connectivity index (χ4n) is 1.97. The third-order valence-electron chi connectivity index (χ3n) is 3.04. The van der Waals surface area contributed by atoms with Crippen LogP contribution < -0.4 is 5.32 Å². The highest BCUT2D eigenvalue weighted by atomic mass is 32.2. The second kappa shape index (κ2) is 6.99. The molecule has 1 aliphatic rings. The Kier molecular flexibility index (Phi) is 5.31. The quantitative estimate of drug-likeness (QED) is 0.683. The molecule has 0 unspecified atom stereocenters. The summed E-state index contributed by atoms with van der Waals surface area (Å²) in [6.45, 7) is 2.36. The van der Waals surface area contributed by atoms with E-state index in [0.29, 0.717) is 22.9 Å². The average molecular weight is 312 g/mol. The van der Waals surface area contributed by atoms with Gasteiger partial charge < -0.3 is 5.32 Å². The summed E-state index contributed by atoms with van der Waals surface area (Å²) in [5.74, 6) is 3.20. The molecule has 0 aromatic heterocycles. The van der Waals surface area contributed by atoms with Crippen LogP contribution in [0.1, 0.15) is 15.9 Å². The first-order valence-electron chi connectivity index (χ1n) is 6.30. The summed E-state index contributed by atoms with van der Waals surface area (Å²) in [6.07, 6.45) is 0. The number of aryl methyl sites for hydroxylation is 1. The molecule has 2 rings (SSSR count). The van der Waals surface area contributed by atoms with Crippen LogP contribution in [0, 0.1) is 17.0 Å². The number of carbonyl (C=O) groups excluding carboxylic acids is 1. The van der Waals surface area contributed by atoms with Crippen molar-refractivity contribution in [3.63, 3.8) is 0 Å². The number of non-ortho nitro benzene ring substituents is 1. The molecule has 1 atom stereocenters. The Hall–Kier alpha value is -1.21. The van der Waals surface area contributed by atoms with Crippen molar-refractivity contribution in [1.82, 2.24) is 5.32 Å². The molecule has 20 heavy (non-hydrogen) atoms. The van der Waals surface area contributed by atoms with E-state index < -0.39 is 4.92 Å². The largest absolute Gasteiger partial charge is 0.351 e. The van der Waals surface area contributed by atoms with Gasteiger partial charge in [-0.1, -0.05) is 0 Å². The van der Waals surface area contributed by atoms with Crippen LogP contribution in [0.2, 0.25) is 0 Å². The van der Waals surface area contributed by atoms with E-state index in [1.165, 1.54) is 24.0 Å². The molecule has 7 heteroatoms. The third-order valence-corrected chi connectivity index (χ3v) is 5.89. The van der Waals surface area contributed by atoms with E-state index in [1.807, 2.05) is 23.5 Å². The van der Waals surface area contributed by atoms with Crippen LogP contribution in [0.3, 0.4) is 0 Å². The Morgan fingerprint density at radius 2 is 2.30 bits per heavy atom. The number of nitro benzene ring substituents is 1. The van der Waals surface area contributed by atoms with Crippen molar-refractivity contribution in [2.24, 2.45) is 0 Å². The molecular weight excluding hydrogens is 296 g/mol. The molecule has 1 heterocycles. The van der Waals surface area contributed by atoms with Gasteiger partial charge in [-0.3, -0.25) is 14.9 Å². The van der Waals surface area contributed by atoms with Crippen molar-refractivity contribution >= 4 is 35.1 Å². The summed E-state index contributed by atoms with van der Waals surface area (Å²) in [4.78, 5) is 22.3. The molecule has 0 aliphatic carbocycles. The van der Waals surface area contributed by atoms with Gasteiger partial charge in [0.1, 0.15) is 0 Å². The molecular formula is C13H16N2O3S2. The molecule has 5 nitrogen and oxygen atoms in total. The van der Waals surface area contributed by atoms with Crippen molar-refractivity contribution in [2.75, 3.05) is 23.8 Å². The van der Waals surface area contributed by atoms with Crippen LogP contribution >= 0.6 is 23.5 Å². The van der Waals surface area contributed by atoms with Crippen LogP contribution in [-0.2, 0) is 0 Å². The van der Waals surface area contributed by atoms with Crippen molar-refractivity contribution in [2.45, 2.75) is 12.2 Å². The first-order valence-corrected chi connectivity index (χ1v) is 8.51. The van der Waals surface area contributed by atoms with Gasteiger partial charge >= 0.3 is 0 Å². The highest BCUT2D eigenvalue weighted by molar-refractivity contribution is 8.06. The van der Waals surface area contributed by atoms with Crippen LogP contribution in [0.15, 0.2) is 18.2 Å². The molecule has 1 aliphatic heterocycles. The van der Waals surface area contributed by atoms with E-state index >= 15 is 0 Å². The van der Waals surface area contributed by atoms with E-state index in [0.717, 1.165) is 11.5 Å². The number of nitro groups is 1. The highest BCUT2D eigenvalue weighted by Crippen LogP contribution is 2.23. The van der Waals surface area contributed by atoms with Crippen LogP contribution in [0.5, 0.6) is 0 Å². The maximum atomic E-state index is 12.1. The van der Waals surface area contributed by atoms with Crippen molar-refractivity contribution in [3.8, 4) is 0 Å². The zero-order chi connectivity index (χ0) is 14.5. The van der Waals surface area contributed by atoms with E-state index in [-0.39, 0.29) is 11.6 Å². The van der Waals surface area contributed by atoms with Crippen LogP contribution in [0.4, 0.5) is 5.69 Å². The summed E-state index contributed by atoms with van der Waals surface area (Å²) in [7, 11) is 0. The standard InChI is InChI=1S/C13H16N2O3S2/c1-9-6-10(15(17)18)2-3-12(9)13(16)14-7-11-8-19-4-5-20-11/h2-3,6,11H,4-5,7-8H2,1H3,(H,14,16)/t11-/m0/s1. The summed E-state index contributed by atoms with van der Waals surface area (Å²) in [6, 6.07) is 4.32. The zero-order valence-electron chi connectivity index (χ0n) is 11.1. The number of hydrogen-bond acceptors (Lipinski definition) is 5. The molecule has 1 fully saturated rings. The Morgan fingerprint density at radius 1 is 1.50 bits per heavy atom. The van der Waals surface area contributed by atoms with Gasteiger partial charge in [0.05, 0.1) is 4.92 Å². The van der Waals surface area contributed by atoms with Gasteiger partial charge in [-0.15, -0.1) is 0 Å². The molecule has 0 bridgehead atoms. The number of benzene rings is 1. The number of thioether (sulfide) groups is 2. The number of amides is 1. The van der Waals surface area contributed by atoms with Crippen molar-refractivity contribution in [1.29, 1.82) is 0 Å².